The molecule has 120 valence electrons. The standard InChI is InChI=1S/C9H21N2O8P/c1-6(13)10-8(14)9(17-3)18-7(5-12)11(2)19-20(4,15)16/h7-9,12,14H,5H2,1-4H3,(H,10,13)(H,15,16). The van der Waals surface area contributed by atoms with Crippen LogP contribution in [0.4, 0.5) is 0 Å². The summed E-state index contributed by atoms with van der Waals surface area (Å²) < 4.78 is 25.7. The molecule has 10 nitrogen and oxygen atoms in total. The zero-order chi connectivity index (χ0) is 15.9. The molecule has 0 radical (unpaired) electrons. The molecule has 0 bridgehead atoms. The van der Waals surface area contributed by atoms with Crippen LogP contribution in [-0.2, 0) is 23.5 Å². The van der Waals surface area contributed by atoms with Crippen LogP contribution in [0.2, 0.25) is 0 Å². The second-order valence-electron chi connectivity index (χ2n) is 3.95. The van der Waals surface area contributed by atoms with E-state index in [9.17, 15) is 14.5 Å². The van der Waals surface area contributed by atoms with Gasteiger partial charge in [0.25, 0.3) is 0 Å². The van der Waals surface area contributed by atoms with Crippen molar-refractivity contribution < 1.29 is 38.6 Å². The minimum atomic E-state index is -3.83. The van der Waals surface area contributed by atoms with Gasteiger partial charge in [0.15, 0.2) is 12.5 Å². The molecule has 1 amide bonds. The van der Waals surface area contributed by atoms with Crippen molar-refractivity contribution in [1.82, 2.24) is 10.4 Å². The largest absolute Gasteiger partial charge is 0.392 e. The van der Waals surface area contributed by atoms with E-state index < -0.39 is 38.9 Å². The van der Waals surface area contributed by atoms with Crippen molar-refractivity contribution in [3.8, 4) is 0 Å². The number of rotatable bonds is 9. The highest BCUT2D eigenvalue weighted by Gasteiger charge is 2.29. The molecule has 4 unspecified atom stereocenters. The van der Waals surface area contributed by atoms with Crippen LogP contribution in [0.1, 0.15) is 6.92 Å². The summed E-state index contributed by atoms with van der Waals surface area (Å²) in [5, 5.41) is 21.7. The van der Waals surface area contributed by atoms with Gasteiger partial charge in [-0.2, -0.15) is 5.06 Å². The fraction of sp³-hybridized carbons (Fsp3) is 0.889. The molecule has 20 heavy (non-hydrogen) atoms. The molecule has 4 atom stereocenters. The van der Waals surface area contributed by atoms with Crippen LogP contribution in [0.25, 0.3) is 0 Å². The topological polar surface area (TPSA) is 138 Å². The van der Waals surface area contributed by atoms with Gasteiger partial charge in [0.1, 0.15) is 0 Å². The minimum absolute atomic E-state index is 0.512. The fourth-order valence-electron chi connectivity index (χ4n) is 1.23. The van der Waals surface area contributed by atoms with Gasteiger partial charge in [-0.3, -0.25) is 9.36 Å². The van der Waals surface area contributed by atoms with E-state index in [1.807, 2.05) is 0 Å². The summed E-state index contributed by atoms with van der Waals surface area (Å²) in [7, 11) is -1.36. The molecule has 0 aromatic carbocycles. The number of nitrogens with zero attached hydrogens (tertiary/aromatic N) is 1. The summed E-state index contributed by atoms with van der Waals surface area (Å²) in [6, 6.07) is 0. The molecule has 0 saturated carbocycles. The number of hydrogen-bond donors (Lipinski definition) is 4. The molecular weight excluding hydrogens is 295 g/mol. The molecule has 0 fully saturated rings. The minimum Gasteiger partial charge on any atom is -0.392 e. The van der Waals surface area contributed by atoms with Gasteiger partial charge in [-0.15, -0.1) is 0 Å². The van der Waals surface area contributed by atoms with Gasteiger partial charge in [-0.25, -0.2) is 4.62 Å². The Morgan fingerprint density at radius 2 is 2.05 bits per heavy atom. The van der Waals surface area contributed by atoms with Crippen molar-refractivity contribution in [2.24, 2.45) is 0 Å². The van der Waals surface area contributed by atoms with Crippen molar-refractivity contribution in [2.75, 3.05) is 27.4 Å². The summed E-state index contributed by atoms with van der Waals surface area (Å²) in [6.45, 7) is 1.54. The van der Waals surface area contributed by atoms with E-state index in [2.05, 4.69) is 9.94 Å². The van der Waals surface area contributed by atoms with Crippen LogP contribution in [0.5, 0.6) is 0 Å². The maximum atomic E-state index is 11.1. The second kappa shape index (κ2) is 8.65. The van der Waals surface area contributed by atoms with Crippen molar-refractivity contribution in [1.29, 1.82) is 0 Å². The molecule has 0 aromatic rings. The third-order valence-electron chi connectivity index (χ3n) is 1.97. The summed E-state index contributed by atoms with van der Waals surface area (Å²) in [4.78, 5) is 19.9. The molecule has 0 spiro atoms. The van der Waals surface area contributed by atoms with Crippen molar-refractivity contribution in [3.05, 3.63) is 0 Å². The number of nitrogens with one attached hydrogen (secondary N) is 1. The smallest absolute Gasteiger partial charge is 0.341 e. The van der Waals surface area contributed by atoms with Gasteiger partial charge >= 0.3 is 7.60 Å². The first-order valence-electron chi connectivity index (χ1n) is 5.57. The number of likely N-dealkylation sites (N-methyl/N-ethyl adjacent to an activating group) is 1. The van der Waals surface area contributed by atoms with E-state index in [-0.39, 0.29) is 0 Å². The summed E-state index contributed by atoms with van der Waals surface area (Å²) in [6.07, 6.45) is -3.98. The maximum absolute atomic E-state index is 11.1. The highest BCUT2D eigenvalue weighted by molar-refractivity contribution is 7.51. The lowest BCUT2D eigenvalue weighted by Gasteiger charge is -2.31. The molecule has 0 aromatic heterocycles. The quantitative estimate of drug-likeness (QED) is 0.226. The molecule has 0 aliphatic carbocycles. The van der Waals surface area contributed by atoms with E-state index >= 15 is 0 Å². The number of carbonyl (C=O) groups is 1. The Labute approximate surface area is 116 Å². The molecule has 0 saturated heterocycles. The van der Waals surface area contributed by atoms with Gasteiger partial charge in [0.05, 0.1) is 6.61 Å². The van der Waals surface area contributed by atoms with Crippen molar-refractivity contribution >= 4 is 13.5 Å². The van der Waals surface area contributed by atoms with Gasteiger partial charge in [0.2, 0.25) is 12.2 Å². The van der Waals surface area contributed by atoms with Gasteiger partial charge in [-0.1, -0.05) is 0 Å². The Morgan fingerprint density at radius 1 is 1.50 bits per heavy atom. The first-order chi connectivity index (χ1) is 9.10. The first kappa shape index (κ1) is 19.4. The lowest BCUT2D eigenvalue weighted by atomic mass is 10.5. The lowest BCUT2D eigenvalue weighted by molar-refractivity contribution is -0.281. The van der Waals surface area contributed by atoms with Gasteiger partial charge < -0.3 is 29.9 Å². The third-order valence-corrected chi connectivity index (χ3v) is 2.54. The molecular formula is C9H21N2O8P. The summed E-state index contributed by atoms with van der Waals surface area (Å²) in [5.41, 5.74) is 0. The van der Waals surface area contributed by atoms with E-state index in [1.165, 1.54) is 21.1 Å². The third kappa shape index (κ3) is 7.88. The average Bonchev–Trinajstić information content (AvgIpc) is 2.26. The van der Waals surface area contributed by atoms with Gasteiger partial charge in [0, 0.05) is 27.7 Å². The number of methoxy groups -OCH3 is 1. The van der Waals surface area contributed by atoms with Crippen molar-refractivity contribution in [3.63, 3.8) is 0 Å². The normalized spacial score (nSPS) is 19.2. The summed E-state index contributed by atoms with van der Waals surface area (Å²) in [5.74, 6) is -0.512. The molecule has 0 aliphatic heterocycles. The first-order valence-corrected chi connectivity index (χ1v) is 7.60. The van der Waals surface area contributed by atoms with Crippen LogP contribution in [-0.4, -0.2) is 72.3 Å². The molecule has 0 heterocycles. The molecule has 11 heteroatoms. The van der Waals surface area contributed by atoms with E-state index in [1.54, 1.807) is 0 Å². The highest BCUT2D eigenvalue weighted by Crippen LogP contribution is 2.38. The Morgan fingerprint density at radius 3 is 2.40 bits per heavy atom. The average molecular weight is 316 g/mol. The lowest BCUT2D eigenvalue weighted by Crippen LogP contribution is -2.49. The summed E-state index contributed by atoms with van der Waals surface area (Å²) >= 11 is 0. The van der Waals surface area contributed by atoms with Crippen molar-refractivity contribution in [2.45, 2.75) is 25.7 Å². The predicted molar refractivity (Wildman–Crippen MR) is 67.2 cm³/mol. The number of hydroxylamine groups is 2. The highest BCUT2D eigenvalue weighted by atomic mass is 31.2. The van der Waals surface area contributed by atoms with Crippen LogP contribution in [0.3, 0.4) is 0 Å². The SMILES string of the molecule is COC(OC(CO)N(C)OP(C)(=O)O)C(O)NC(C)=O. The van der Waals surface area contributed by atoms with E-state index in [4.69, 9.17) is 19.5 Å². The molecule has 4 N–H and O–H groups in total. The number of ether oxygens (including phenoxy) is 2. The van der Waals surface area contributed by atoms with Crippen LogP contribution >= 0.6 is 7.60 Å². The molecule has 0 rings (SSSR count). The number of hydrogen-bond acceptors (Lipinski definition) is 8. The Kier molecular flexibility index (Phi) is 8.40. The van der Waals surface area contributed by atoms with Crippen LogP contribution in [0, 0.1) is 0 Å². The van der Waals surface area contributed by atoms with E-state index in [0.717, 1.165) is 11.7 Å². The second-order valence-corrected chi connectivity index (χ2v) is 5.72. The zero-order valence-corrected chi connectivity index (χ0v) is 12.6. The van der Waals surface area contributed by atoms with Crippen LogP contribution < -0.4 is 5.32 Å². The zero-order valence-electron chi connectivity index (χ0n) is 11.7. The Hall–Kier alpha value is -0.580. The fourth-order valence-corrected chi connectivity index (χ4v) is 1.81. The number of carbonyl (C=O) groups excluding carboxylic acids is 1. The maximum Gasteiger partial charge on any atom is 0.341 e. The number of amides is 1. The Bertz CT molecular complexity index is 349. The predicted octanol–water partition coefficient (Wildman–Crippen LogP) is -1.57. The number of aliphatic hydroxyl groups excluding tert-OH is 2. The van der Waals surface area contributed by atoms with Crippen LogP contribution in [0.15, 0.2) is 0 Å². The Balaban J connectivity index is 4.65. The van der Waals surface area contributed by atoms with Gasteiger partial charge in [-0.05, 0) is 0 Å². The van der Waals surface area contributed by atoms with E-state index in [0.29, 0.717) is 0 Å². The number of aliphatic hydroxyl groups is 2. The molecule has 0 aliphatic rings. The monoisotopic (exact) mass is 316 g/mol.